The molecule has 0 aliphatic heterocycles. The van der Waals surface area contributed by atoms with Gasteiger partial charge in [-0.1, -0.05) is 17.7 Å². The molecule has 0 saturated carbocycles. The van der Waals surface area contributed by atoms with Gasteiger partial charge < -0.3 is 4.90 Å². The number of hydrogen-bond acceptors (Lipinski definition) is 2. The quantitative estimate of drug-likeness (QED) is 0.637. The minimum Gasteiger partial charge on any atom is -0.358 e. The highest BCUT2D eigenvalue weighted by molar-refractivity contribution is 5.84. The maximum Gasteiger partial charge on any atom is 0.146 e. The van der Waals surface area contributed by atoms with Crippen LogP contribution in [0.2, 0.25) is 0 Å². The molecule has 25 heavy (non-hydrogen) atoms. The van der Waals surface area contributed by atoms with Gasteiger partial charge in [0.2, 0.25) is 0 Å². The second kappa shape index (κ2) is 6.55. The van der Waals surface area contributed by atoms with E-state index in [2.05, 4.69) is 82.0 Å². The molecular weight excluding hydrogens is 306 g/mol. The number of aromatic nitrogens is 2. The van der Waals surface area contributed by atoms with E-state index in [1.165, 1.54) is 39.3 Å². The van der Waals surface area contributed by atoms with Gasteiger partial charge in [-0.2, -0.15) is 0 Å². The van der Waals surface area contributed by atoms with Crippen LogP contribution in [0, 0.1) is 34.6 Å². The zero-order valence-corrected chi connectivity index (χ0v) is 16.6. The van der Waals surface area contributed by atoms with Gasteiger partial charge in [0.15, 0.2) is 0 Å². The van der Waals surface area contributed by atoms with E-state index in [1.54, 1.807) is 0 Å². The van der Waals surface area contributed by atoms with E-state index >= 15 is 0 Å². The fourth-order valence-electron chi connectivity index (χ4n) is 4.04. The topological polar surface area (TPSA) is 20.5 Å². The van der Waals surface area contributed by atoms with Crippen molar-refractivity contribution in [3.8, 4) is 11.1 Å². The van der Waals surface area contributed by atoms with Crippen molar-refractivity contribution in [2.75, 3.05) is 18.0 Å². The Morgan fingerprint density at radius 2 is 1.48 bits per heavy atom. The molecule has 0 bridgehead atoms. The Labute approximate surface area is 151 Å². The van der Waals surface area contributed by atoms with E-state index < -0.39 is 0 Å². The molecule has 0 spiro atoms. The third-order valence-corrected chi connectivity index (χ3v) is 5.04. The average Bonchev–Trinajstić information content (AvgIpc) is 2.84. The Bertz CT molecular complexity index is 907. The van der Waals surface area contributed by atoms with Crippen LogP contribution in [0.3, 0.4) is 0 Å². The molecule has 2 aromatic heterocycles. The lowest BCUT2D eigenvalue weighted by Crippen LogP contribution is -2.24. The van der Waals surface area contributed by atoms with Gasteiger partial charge in [0.25, 0.3) is 0 Å². The summed E-state index contributed by atoms with van der Waals surface area (Å²) in [5.41, 5.74) is 9.87. The molecule has 0 amide bonds. The maximum absolute atomic E-state index is 4.93. The van der Waals surface area contributed by atoms with Crippen molar-refractivity contribution in [1.29, 1.82) is 0 Å². The van der Waals surface area contributed by atoms with Crippen molar-refractivity contribution in [3.63, 3.8) is 0 Å². The fourth-order valence-corrected chi connectivity index (χ4v) is 4.04. The molecule has 0 radical (unpaired) electrons. The summed E-state index contributed by atoms with van der Waals surface area (Å²) in [7, 11) is 0. The van der Waals surface area contributed by atoms with Gasteiger partial charge in [-0.05, 0) is 71.2 Å². The molecule has 0 aliphatic carbocycles. The predicted molar refractivity (Wildman–Crippen MR) is 108 cm³/mol. The summed E-state index contributed by atoms with van der Waals surface area (Å²) >= 11 is 0. The van der Waals surface area contributed by atoms with Gasteiger partial charge in [-0.3, -0.25) is 4.40 Å². The highest BCUT2D eigenvalue weighted by Gasteiger charge is 2.18. The van der Waals surface area contributed by atoms with Crippen LogP contribution in [0.5, 0.6) is 0 Å². The summed E-state index contributed by atoms with van der Waals surface area (Å²) in [6.45, 7) is 17.2. The maximum atomic E-state index is 4.93. The lowest BCUT2D eigenvalue weighted by molar-refractivity contribution is 0.823. The Balaban J connectivity index is 2.37. The minimum atomic E-state index is 0.991. The molecule has 2 heterocycles. The summed E-state index contributed by atoms with van der Waals surface area (Å²) in [6.07, 6.45) is 0. The van der Waals surface area contributed by atoms with Gasteiger partial charge in [-0.25, -0.2) is 4.98 Å². The van der Waals surface area contributed by atoms with Crippen LogP contribution < -0.4 is 4.90 Å². The van der Waals surface area contributed by atoms with Crippen molar-refractivity contribution >= 4 is 11.5 Å². The third-order valence-electron chi connectivity index (χ3n) is 5.04. The number of anilines is 1. The number of fused-ring (bicyclic) bond motifs is 1. The molecular formula is C22H29N3. The van der Waals surface area contributed by atoms with E-state index in [9.17, 15) is 0 Å². The summed E-state index contributed by atoms with van der Waals surface area (Å²) in [5.74, 6) is 1.23. The van der Waals surface area contributed by atoms with Crippen LogP contribution in [0.4, 0.5) is 5.82 Å². The second-order valence-corrected chi connectivity index (χ2v) is 7.06. The van der Waals surface area contributed by atoms with Crippen molar-refractivity contribution in [1.82, 2.24) is 9.38 Å². The largest absolute Gasteiger partial charge is 0.358 e. The first-order valence-corrected chi connectivity index (χ1v) is 9.20. The second-order valence-electron chi connectivity index (χ2n) is 7.06. The Hall–Kier alpha value is -2.29. The van der Waals surface area contributed by atoms with Crippen LogP contribution in [0.1, 0.15) is 41.9 Å². The van der Waals surface area contributed by atoms with Crippen LogP contribution in [0.25, 0.3) is 16.8 Å². The zero-order chi connectivity index (χ0) is 18.3. The number of rotatable bonds is 4. The molecule has 3 aromatic rings. The number of benzene rings is 1. The first-order chi connectivity index (χ1) is 11.9. The molecule has 3 nitrogen and oxygen atoms in total. The molecule has 3 rings (SSSR count). The average molecular weight is 335 g/mol. The van der Waals surface area contributed by atoms with E-state index in [-0.39, 0.29) is 0 Å². The third kappa shape index (κ3) is 2.92. The highest BCUT2D eigenvalue weighted by atomic mass is 15.2. The lowest BCUT2D eigenvalue weighted by Gasteiger charge is -2.23. The summed E-state index contributed by atoms with van der Waals surface area (Å²) in [6, 6.07) is 9.02. The number of nitrogens with zero attached hydrogens (tertiary/aromatic N) is 3. The van der Waals surface area contributed by atoms with E-state index in [1.807, 2.05) is 0 Å². The SMILES string of the molecule is CCN(CC)c1cc(C)nc2c(-c3c(C)cc(C)cc3C)cc(C)n12. The molecule has 132 valence electrons. The summed E-state index contributed by atoms with van der Waals surface area (Å²) < 4.78 is 2.31. The Morgan fingerprint density at radius 3 is 2.04 bits per heavy atom. The van der Waals surface area contributed by atoms with Gasteiger partial charge in [0, 0.05) is 36.1 Å². The van der Waals surface area contributed by atoms with Gasteiger partial charge >= 0.3 is 0 Å². The molecule has 0 N–H and O–H groups in total. The van der Waals surface area contributed by atoms with Crippen molar-refractivity contribution in [2.45, 2.75) is 48.5 Å². The van der Waals surface area contributed by atoms with Crippen LogP contribution in [-0.4, -0.2) is 22.5 Å². The zero-order valence-electron chi connectivity index (χ0n) is 16.6. The normalized spacial score (nSPS) is 11.3. The van der Waals surface area contributed by atoms with E-state index in [4.69, 9.17) is 4.98 Å². The molecule has 0 unspecified atom stereocenters. The van der Waals surface area contributed by atoms with Crippen molar-refractivity contribution in [2.24, 2.45) is 0 Å². The molecule has 0 atom stereocenters. The smallest absolute Gasteiger partial charge is 0.146 e. The van der Waals surface area contributed by atoms with Crippen molar-refractivity contribution in [3.05, 3.63) is 52.3 Å². The fraction of sp³-hybridized carbons (Fsp3) is 0.409. The van der Waals surface area contributed by atoms with E-state index in [0.29, 0.717) is 0 Å². The molecule has 3 heteroatoms. The highest BCUT2D eigenvalue weighted by Crippen LogP contribution is 2.35. The predicted octanol–water partition coefficient (Wildman–Crippen LogP) is 5.39. The summed E-state index contributed by atoms with van der Waals surface area (Å²) in [4.78, 5) is 7.32. The minimum absolute atomic E-state index is 0.991. The van der Waals surface area contributed by atoms with Gasteiger partial charge in [0.05, 0.1) is 0 Å². The standard InChI is InChI=1S/C22H29N3/c1-8-24(9-2)20-12-17(6)23-22-19(13-18(7)25(20)22)21-15(4)10-14(3)11-16(21)5/h10-13H,8-9H2,1-7H3. The molecule has 1 aromatic carbocycles. The van der Waals surface area contributed by atoms with E-state index in [0.717, 1.165) is 24.4 Å². The monoisotopic (exact) mass is 335 g/mol. The number of hydrogen-bond donors (Lipinski definition) is 0. The number of aryl methyl sites for hydroxylation is 5. The van der Waals surface area contributed by atoms with Crippen LogP contribution in [0.15, 0.2) is 24.3 Å². The van der Waals surface area contributed by atoms with Gasteiger partial charge in [-0.15, -0.1) is 0 Å². The van der Waals surface area contributed by atoms with Crippen LogP contribution >= 0.6 is 0 Å². The summed E-state index contributed by atoms with van der Waals surface area (Å²) in [5, 5.41) is 0. The Kier molecular flexibility index (Phi) is 4.59. The molecule has 0 saturated heterocycles. The first-order valence-electron chi connectivity index (χ1n) is 9.20. The Morgan fingerprint density at radius 1 is 0.880 bits per heavy atom. The lowest BCUT2D eigenvalue weighted by atomic mass is 9.95. The van der Waals surface area contributed by atoms with Crippen molar-refractivity contribution < 1.29 is 0 Å². The first kappa shape index (κ1) is 17.5. The van der Waals surface area contributed by atoms with Crippen LogP contribution in [-0.2, 0) is 0 Å². The van der Waals surface area contributed by atoms with Gasteiger partial charge in [0.1, 0.15) is 11.5 Å². The molecule has 0 fully saturated rings. The molecule has 0 aliphatic rings.